The van der Waals surface area contributed by atoms with Crippen molar-refractivity contribution in [3.8, 4) is 5.75 Å². The quantitative estimate of drug-likeness (QED) is 0.741. The van der Waals surface area contributed by atoms with E-state index in [1.807, 2.05) is 7.05 Å². The Morgan fingerprint density at radius 2 is 2.10 bits per heavy atom. The van der Waals surface area contributed by atoms with Gasteiger partial charge in [-0.1, -0.05) is 0 Å². The van der Waals surface area contributed by atoms with E-state index in [4.69, 9.17) is 4.74 Å². The second-order valence-electron chi connectivity index (χ2n) is 4.96. The number of nitrogens with one attached hydrogen (secondary N) is 2. The van der Waals surface area contributed by atoms with E-state index in [2.05, 4.69) is 10.0 Å². The van der Waals surface area contributed by atoms with Crippen LogP contribution in [0.25, 0.3) is 0 Å². The Hall–Kier alpha value is -0.760. The fourth-order valence-electron chi connectivity index (χ4n) is 2.11. The molecule has 0 aromatic heterocycles. The molecule has 0 amide bonds. The van der Waals surface area contributed by atoms with E-state index in [1.54, 1.807) is 36.0 Å². The maximum atomic E-state index is 12.3. The Bertz CT molecular complexity index is 526. The summed E-state index contributed by atoms with van der Waals surface area (Å²) in [6.45, 7) is 1.31. The minimum Gasteiger partial charge on any atom is -0.492 e. The van der Waals surface area contributed by atoms with Crippen molar-refractivity contribution in [3.05, 3.63) is 24.3 Å². The van der Waals surface area contributed by atoms with Gasteiger partial charge in [0, 0.05) is 18.3 Å². The average molecular weight is 330 g/mol. The van der Waals surface area contributed by atoms with Crippen molar-refractivity contribution in [2.75, 3.05) is 31.7 Å². The van der Waals surface area contributed by atoms with E-state index in [0.717, 1.165) is 30.9 Å². The number of sulfonamides is 1. The highest BCUT2D eigenvalue weighted by atomic mass is 32.2. The van der Waals surface area contributed by atoms with Crippen LogP contribution >= 0.6 is 11.8 Å². The first kappa shape index (κ1) is 16.6. The standard InChI is InChI=1S/C14H22N2O3S2/c1-15-8-9-19-13-4-6-14(7-5-13)21(17,18)16-12-3-2-10-20-11-12/h4-7,12,15-16H,2-3,8-11H2,1H3. The topological polar surface area (TPSA) is 67.4 Å². The summed E-state index contributed by atoms with van der Waals surface area (Å²) in [5, 5.41) is 2.99. The van der Waals surface area contributed by atoms with E-state index in [0.29, 0.717) is 17.3 Å². The van der Waals surface area contributed by atoms with Crippen molar-refractivity contribution in [1.29, 1.82) is 0 Å². The van der Waals surface area contributed by atoms with Crippen LogP contribution in [0.5, 0.6) is 5.75 Å². The zero-order valence-corrected chi connectivity index (χ0v) is 13.8. The van der Waals surface area contributed by atoms with Crippen molar-refractivity contribution in [2.24, 2.45) is 0 Å². The van der Waals surface area contributed by atoms with Crippen molar-refractivity contribution in [3.63, 3.8) is 0 Å². The predicted molar refractivity (Wildman–Crippen MR) is 86.5 cm³/mol. The molecule has 1 fully saturated rings. The van der Waals surface area contributed by atoms with Gasteiger partial charge >= 0.3 is 0 Å². The smallest absolute Gasteiger partial charge is 0.240 e. The third-order valence-corrected chi connectivity index (χ3v) is 5.99. The SMILES string of the molecule is CNCCOc1ccc(S(=O)(=O)NC2CCCSC2)cc1. The van der Waals surface area contributed by atoms with Crippen molar-refractivity contribution < 1.29 is 13.2 Å². The van der Waals surface area contributed by atoms with Gasteiger partial charge in [0.25, 0.3) is 0 Å². The summed E-state index contributed by atoms with van der Waals surface area (Å²) in [5.74, 6) is 2.65. The first-order valence-corrected chi connectivity index (χ1v) is 9.73. The molecule has 1 aliphatic rings. The molecule has 1 aromatic carbocycles. The molecule has 0 bridgehead atoms. The Morgan fingerprint density at radius 3 is 2.71 bits per heavy atom. The van der Waals surface area contributed by atoms with Gasteiger partial charge in [-0.3, -0.25) is 0 Å². The van der Waals surface area contributed by atoms with E-state index < -0.39 is 10.0 Å². The molecular weight excluding hydrogens is 308 g/mol. The van der Waals surface area contributed by atoms with E-state index >= 15 is 0 Å². The van der Waals surface area contributed by atoms with Gasteiger partial charge in [-0.2, -0.15) is 11.8 Å². The van der Waals surface area contributed by atoms with Gasteiger partial charge in [0.15, 0.2) is 0 Å². The predicted octanol–water partition coefficient (Wildman–Crippen LogP) is 1.46. The highest BCUT2D eigenvalue weighted by Crippen LogP contribution is 2.20. The minimum atomic E-state index is -3.43. The lowest BCUT2D eigenvalue weighted by molar-refractivity contribution is 0.318. The first-order valence-electron chi connectivity index (χ1n) is 7.09. The molecule has 1 aromatic rings. The van der Waals surface area contributed by atoms with Crippen LogP contribution in [0.2, 0.25) is 0 Å². The molecule has 0 aliphatic carbocycles. The Labute approximate surface area is 130 Å². The normalized spacial score (nSPS) is 19.4. The van der Waals surface area contributed by atoms with Crippen LogP contribution in [0.3, 0.4) is 0 Å². The minimum absolute atomic E-state index is 0.0419. The highest BCUT2D eigenvalue weighted by molar-refractivity contribution is 7.99. The molecule has 21 heavy (non-hydrogen) atoms. The molecule has 118 valence electrons. The van der Waals surface area contributed by atoms with Crippen LogP contribution in [-0.2, 0) is 10.0 Å². The Morgan fingerprint density at radius 1 is 1.33 bits per heavy atom. The average Bonchev–Trinajstić information content (AvgIpc) is 2.49. The van der Waals surface area contributed by atoms with Crippen molar-refractivity contribution >= 4 is 21.8 Å². The van der Waals surface area contributed by atoms with Crippen LogP contribution in [0.4, 0.5) is 0 Å². The maximum Gasteiger partial charge on any atom is 0.240 e. The molecule has 1 aliphatic heterocycles. The number of hydrogen-bond donors (Lipinski definition) is 2. The molecular formula is C14H22N2O3S2. The van der Waals surface area contributed by atoms with Gasteiger partial charge < -0.3 is 10.1 Å². The molecule has 1 atom stereocenters. The molecule has 2 rings (SSSR count). The van der Waals surface area contributed by atoms with Crippen LogP contribution in [0, 0.1) is 0 Å². The number of hydrogen-bond acceptors (Lipinski definition) is 5. The number of thioether (sulfide) groups is 1. The molecule has 0 saturated carbocycles. The van der Waals surface area contributed by atoms with Gasteiger partial charge in [-0.25, -0.2) is 13.1 Å². The summed E-state index contributed by atoms with van der Waals surface area (Å²) < 4.78 is 32.9. The number of likely N-dealkylation sites (N-methyl/N-ethyl adjacent to an activating group) is 1. The number of rotatable bonds is 7. The van der Waals surface area contributed by atoms with E-state index in [-0.39, 0.29) is 6.04 Å². The zero-order chi connectivity index (χ0) is 15.1. The molecule has 0 radical (unpaired) electrons. The van der Waals surface area contributed by atoms with E-state index in [9.17, 15) is 8.42 Å². The number of benzene rings is 1. The Balaban J connectivity index is 1.95. The molecule has 1 saturated heterocycles. The monoisotopic (exact) mass is 330 g/mol. The molecule has 7 heteroatoms. The van der Waals surface area contributed by atoms with Crippen LogP contribution in [0.1, 0.15) is 12.8 Å². The molecule has 5 nitrogen and oxygen atoms in total. The summed E-state index contributed by atoms with van der Waals surface area (Å²) in [4.78, 5) is 0.291. The summed E-state index contributed by atoms with van der Waals surface area (Å²) in [5.41, 5.74) is 0. The second-order valence-corrected chi connectivity index (χ2v) is 7.82. The van der Waals surface area contributed by atoms with Gasteiger partial charge in [0.1, 0.15) is 12.4 Å². The lowest BCUT2D eigenvalue weighted by Gasteiger charge is -2.22. The lowest BCUT2D eigenvalue weighted by Crippen LogP contribution is -2.38. The zero-order valence-electron chi connectivity index (χ0n) is 12.2. The highest BCUT2D eigenvalue weighted by Gasteiger charge is 2.21. The summed E-state index contributed by atoms with van der Waals surface area (Å²) in [6.07, 6.45) is 1.98. The molecule has 1 unspecified atom stereocenters. The Kier molecular flexibility index (Phi) is 6.35. The van der Waals surface area contributed by atoms with E-state index in [1.165, 1.54) is 0 Å². The summed E-state index contributed by atoms with van der Waals surface area (Å²) >= 11 is 1.80. The van der Waals surface area contributed by atoms with Gasteiger partial charge in [0.05, 0.1) is 4.90 Å². The van der Waals surface area contributed by atoms with Crippen molar-refractivity contribution in [2.45, 2.75) is 23.8 Å². The summed E-state index contributed by atoms with van der Waals surface area (Å²) in [7, 11) is -1.58. The first-order chi connectivity index (χ1) is 10.1. The van der Waals surface area contributed by atoms with Gasteiger partial charge in [0.2, 0.25) is 10.0 Å². The lowest BCUT2D eigenvalue weighted by atomic mass is 10.2. The molecule has 1 heterocycles. The number of ether oxygens (including phenoxy) is 1. The maximum absolute atomic E-state index is 12.3. The third-order valence-electron chi connectivity index (χ3n) is 3.24. The largest absolute Gasteiger partial charge is 0.492 e. The molecule has 0 spiro atoms. The van der Waals surface area contributed by atoms with Gasteiger partial charge in [-0.15, -0.1) is 0 Å². The van der Waals surface area contributed by atoms with Crippen LogP contribution < -0.4 is 14.8 Å². The fraction of sp³-hybridized carbons (Fsp3) is 0.571. The fourth-order valence-corrected chi connectivity index (χ4v) is 4.56. The van der Waals surface area contributed by atoms with Crippen molar-refractivity contribution in [1.82, 2.24) is 10.0 Å². The third kappa shape index (κ3) is 5.18. The molecule has 2 N–H and O–H groups in total. The van der Waals surface area contributed by atoms with Crippen LogP contribution in [-0.4, -0.2) is 46.2 Å². The summed E-state index contributed by atoms with van der Waals surface area (Å²) in [6, 6.07) is 6.61. The van der Waals surface area contributed by atoms with Gasteiger partial charge in [-0.05, 0) is 49.9 Å². The second kappa shape index (κ2) is 8.03. The van der Waals surface area contributed by atoms with Crippen LogP contribution in [0.15, 0.2) is 29.2 Å².